The van der Waals surface area contributed by atoms with Gasteiger partial charge in [0.2, 0.25) is 0 Å². The summed E-state index contributed by atoms with van der Waals surface area (Å²) < 4.78 is 2.41. The standard InChI is InChI=1S/C69H57BN5.Pt/c1-68(2,51-22-15-23-56(43-51)73-46-74(63-29-12-11-28-62(63)73)67-57(49-18-5-3-6-19-49)25-16-26-58(67)50-20-7-4-8-21-50)52-31-32-60-59-24-9-10-27-61(59)75(64(60)44-52)66-45-53(33-35-71-66)69(54-39-47-38-48(41-54)42-55(69)40-47)65-30-17-37-72-36-14-13-34-70(65)72;/h3-37,45-48,54-55H,38-42H2,1-2H3;/q-3;. The molecule has 0 spiro atoms. The molecule has 4 saturated carbocycles. The van der Waals surface area contributed by atoms with Crippen molar-refractivity contribution in [2.75, 3.05) is 9.80 Å². The van der Waals surface area contributed by atoms with Crippen molar-refractivity contribution >= 4 is 51.4 Å². The van der Waals surface area contributed by atoms with Crippen molar-refractivity contribution in [3.8, 4) is 28.1 Å². The molecule has 9 aromatic rings. The summed E-state index contributed by atoms with van der Waals surface area (Å²) in [6, 6.07) is 69.9. The van der Waals surface area contributed by atoms with Crippen LogP contribution in [0.25, 0.3) is 49.9 Å². The molecule has 16 rings (SSSR count). The van der Waals surface area contributed by atoms with Crippen molar-refractivity contribution in [3.63, 3.8) is 0 Å². The van der Waals surface area contributed by atoms with Gasteiger partial charge in [-0.2, -0.15) is 53.6 Å². The second-order valence-electron chi connectivity index (χ2n) is 22.5. The fourth-order valence-electron chi connectivity index (χ4n) is 15.1. The Hall–Kier alpha value is -7.40. The zero-order chi connectivity index (χ0) is 49.8. The summed E-state index contributed by atoms with van der Waals surface area (Å²) in [6.07, 6.45) is 22.5. The van der Waals surface area contributed by atoms with Crippen molar-refractivity contribution < 1.29 is 21.1 Å². The maximum atomic E-state index is 5.30. The number of benzene rings is 7. The number of pyridine rings is 1. The van der Waals surface area contributed by atoms with Crippen molar-refractivity contribution in [3.05, 3.63) is 260 Å². The summed E-state index contributed by atoms with van der Waals surface area (Å²) in [4.78, 5) is 12.4. The minimum Gasteiger partial charge on any atom is -0.493 e. The molecule has 7 heteroatoms. The molecule has 4 fully saturated rings. The third-order valence-corrected chi connectivity index (χ3v) is 18.2. The molecule has 0 radical (unpaired) electrons. The van der Waals surface area contributed by atoms with E-state index in [1.54, 1.807) is 5.47 Å². The van der Waals surface area contributed by atoms with E-state index in [9.17, 15) is 0 Å². The van der Waals surface area contributed by atoms with E-state index in [1.807, 2.05) is 0 Å². The average molecular weight is 1160 g/mol. The van der Waals surface area contributed by atoms with Crippen LogP contribution in [-0.4, -0.2) is 21.2 Å². The second kappa shape index (κ2) is 18.4. The molecule has 5 nitrogen and oxygen atoms in total. The van der Waals surface area contributed by atoms with Crippen LogP contribution in [-0.2, 0) is 31.9 Å². The first-order valence-corrected chi connectivity index (χ1v) is 27.1. The van der Waals surface area contributed by atoms with E-state index < -0.39 is 5.41 Å². The van der Waals surface area contributed by atoms with Gasteiger partial charge in [-0.3, -0.25) is 0 Å². The van der Waals surface area contributed by atoms with Crippen LogP contribution < -0.4 is 9.80 Å². The van der Waals surface area contributed by atoms with E-state index in [0.717, 1.165) is 62.6 Å². The summed E-state index contributed by atoms with van der Waals surface area (Å²) in [6.45, 7) is 7.12. The van der Waals surface area contributed by atoms with Gasteiger partial charge in [-0.1, -0.05) is 152 Å². The molecule has 0 atom stereocenters. The van der Waals surface area contributed by atoms with Crippen LogP contribution >= 0.6 is 0 Å². The number of fused-ring (bicyclic) bond motifs is 5. The molecule has 0 amide bonds. The van der Waals surface area contributed by atoms with E-state index in [4.69, 9.17) is 4.98 Å². The van der Waals surface area contributed by atoms with E-state index in [-0.39, 0.29) is 33.3 Å². The van der Waals surface area contributed by atoms with Crippen molar-refractivity contribution in [2.45, 2.75) is 56.8 Å². The first-order chi connectivity index (χ1) is 36.9. The predicted octanol–water partition coefficient (Wildman–Crippen LogP) is 16.4. The molecule has 3 aliphatic heterocycles. The fourth-order valence-corrected chi connectivity index (χ4v) is 15.1. The van der Waals surface area contributed by atoms with Gasteiger partial charge >= 0.3 is 6.85 Å². The zero-order valence-electron chi connectivity index (χ0n) is 42.8. The quantitative estimate of drug-likeness (QED) is 0.106. The van der Waals surface area contributed by atoms with Gasteiger partial charge in [-0.25, -0.2) is 4.98 Å². The minimum absolute atomic E-state index is 0. The number of nitrogens with zero attached hydrogens (tertiary/aromatic N) is 5. The van der Waals surface area contributed by atoms with Gasteiger partial charge in [0.15, 0.2) is 0 Å². The largest absolute Gasteiger partial charge is 0.493 e. The normalized spacial score (nSPS) is 22.1. The number of allylic oxidation sites excluding steroid dienone is 5. The molecule has 2 aromatic heterocycles. The zero-order valence-corrected chi connectivity index (χ0v) is 45.1. The molecule has 76 heavy (non-hydrogen) atoms. The number of anilines is 4. The Balaban J connectivity index is 0.00000528. The summed E-state index contributed by atoms with van der Waals surface area (Å²) in [5.41, 5.74) is 15.9. The number of hydrogen-bond donors (Lipinski definition) is 0. The number of rotatable bonds is 9. The predicted molar refractivity (Wildman–Crippen MR) is 309 cm³/mol. The molecule has 0 saturated heterocycles. The van der Waals surface area contributed by atoms with E-state index in [1.165, 1.54) is 70.7 Å². The van der Waals surface area contributed by atoms with Gasteiger partial charge in [0.05, 0.1) is 0 Å². The first-order valence-electron chi connectivity index (χ1n) is 27.1. The molecule has 0 unspecified atom stereocenters. The number of aromatic nitrogens is 2. The van der Waals surface area contributed by atoms with Crippen molar-refractivity contribution in [2.24, 2.45) is 23.7 Å². The van der Waals surface area contributed by atoms with E-state index in [2.05, 4.69) is 271 Å². The maximum absolute atomic E-state index is 5.30. The van der Waals surface area contributed by atoms with Crippen molar-refractivity contribution in [1.29, 1.82) is 0 Å². The first kappa shape index (κ1) is 47.1. The van der Waals surface area contributed by atoms with Crippen LogP contribution in [0.3, 0.4) is 0 Å². The Kier molecular flexibility index (Phi) is 11.4. The monoisotopic (exact) mass is 1160 g/mol. The Morgan fingerprint density at radius 2 is 1.25 bits per heavy atom. The van der Waals surface area contributed by atoms with Gasteiger partial charge in [0.25, 0.3) is 0 Å². The van der Waals surface area contributed by atoms with Gasteiger partial charge in [0, 0.05) is 66.4 Å². The van der Waals surface area contributed by atoms with Gasteiger partial charge in [-0.05, 0) is 138 Å². The summed E-state index contributed by atoms with van der Waals surface area (Å²) in [5.74, 6) is 6.30. The van der Waals surface area contributed by atoms with Crippen molar-refractivity contribution in [1.82, 2.24) is 14.4 Å². The topological polar surface area (TPSA) is 27.5 Å². The second-order valence-corrected chi connectivity index (χ2v) is 22.5. The number of para-hydroxylation sites is 4. The average Bonchev–Trinajstić information content (AvgIpc) is 4.16. The Bertz CT molecular complexity index is 3760. The summed E-state index contributed by atoms with van der Waals surface area (Å²) in [7, 11) is 0. The molecule has 7 aromatic carbocycles. The molecule has 5 heterocycles. The maximum Gasteiger partial charge on any atom is 0.316 e. The van der Waals surface area contributed by atoms with E-state index in [0.29, 0.717) is 11.8 Å². The van der Waals surface area contributed by atoms with Crippen LogP contribution in [0.2, 0.25) is 0 Å². The third kappa shape index (κ3) is 7.27. The third-order valence-electron chi connectivity index (χ3n) is 18.2. The van der Waals surface area contributed by atoms with Crippen LogP contribution in [0.4, 0.5) is 22.7 Å². The van der Waals surface area contributed by atoms with Crippen LogP contribution in [0.1, 0.15) is 62.6 Å². The number of hydrogen-bond acceptors (Lipinski definition) is 4. The van der Waals surface area contributed by atoms with Crippen LogP contribution in [0, 0.1) is 42.5 Å². The minimum atomic E-state index is -0.459. The van der Waals surface area contributed by atoms with Gasteiger partial charge in [-0.15, -0.1) is 17.7 Å². The molecule has 374 valence electrons. The van der Waals surface area contributed by atoms with Gasteiger partial charge in [0.1, 0.15) is 5.82 Å². The molecular formula is C69H57BN5Pt-3. The molecule has 7 aliphatic rings. The Morgan fingerprint density at radius 3 is 1.99 bits per heavy atom. The fraction of sp³-hybridized carbons (Fsp3) is 0.188. The van der Waals surface area contributed by atoms with Crippen LogP contribution in [0.15, 0.2) is 224 Å². The summed E-state index contributed by atoms with van der Waals surface area (Å²) in [5, 5.41) is 2.40. The Labute approximate surface area is 462 Å². The van der Waals surface area contributed by atoms with Gasteiger partial charge < -0.3 is 19.2 Å². The molecule has 4 aliphatic carbocycles. The SMILES string of the molecule is CC(C)(c1[c-]c(N2[CH-]N(c3c(-c4ccccc4)cccc3-c3ccccc3)c3ccccc32)ccc1)c1[c-]c2c(cc1)c1ccccc1n2-c1cc(C2(C3=CC=CN4C=CC=CB34)C3CC4CC(C3)CC2C4)ccn1.[Pt]. The molecular weight excluding hydrogens is 1100 g/mol. The molecule has 4 bridgehead atoms. The summed E-state index contributed by atoms with van der Waals surface area (Å²) >= 11 is 0. The van der Waals surface area contributed by atoms with Crippen LogP contribution in [0.5, 0.6) is 0 Å². The van der Waals surface area contributed by atoms with E-state index >= 15 is 0 Å². The molecule has 0 N–H and O–H groups in total. The Morgan fingerprint density at radius 1 is 0.605 bits per heavy atom. The smallest absolute Gasteiger partial charge is 0.316 e.